The molecular formula is C24H30N4O4. The van der Waals surface area contributed by atoms with Gasteiger partial charge in [-0.15, -0.1) is 0 Å². The minimum absolute atomic E-state index is 0.0450. The van der Waals surface area contributed by atoms with Crippen molar-refractivity contribution in [2.45, 2.75) is 32.1 Å². The van der Waals surface area contributed by atoms with Gasteiger partial charge >= 0.3 is 0 Å². The zero-order chi connectivity index (χ0) is 22.4. The number of hydrogen-bond acceptors (Lipinski definition) is 6. The van der Waals surface area contributed by atoms with Gasteiger partial charge in [-0.1, -0.05) is 18.6 Å². The van der Waals surface area contributed by atoms with Crippen molar-refractivity contribution in [1.29, 1.82) is 0 Å². The van der Waals surface area contributed by atoms with E-state index in [1.807, 2.05) is 17.0 Å². The van der Waals surface area contributed by atoms with Crippen LogP contribution in [0.1, 0.15) is 52.8 Å². The molecule has 2 amide bonds. The van der Waals surface area contributed by atoms with E-state index in [1.54, 1.807) is 17.0 Å². The van der Waals surface area contributed by atoms with Gasteiger partial charge in [-0.3, -0.25) is 9.59 Å². The first-order valence-corrected chi connectivity index (χ1v) is 11.3. The second kappa shape index (κ2) is 10.1. The smallest absolute Gasteiger partial charge is 0.257 e. The molecule has 2 aromatic rings. The number of hydrogen-bond donors (Lipinski definition) is 1. The Labute approximate surface area is 188 Å². The zero-order valence-corrected chi connectivity index (χ0v) is 18.3. The van der Waals surface area contributed by atoms with E-state index >= 15 is 0 Å². The summed E-state index contributed by atoms with van der Waals surface area (Å²) in [7, 11) is 0. The predicted molar refractivity (Wildman–Crippen MR) is 118 cm³/mol. The van der Waals surface area contributed by atoms with Crippen LogP contribution >= 0.6 is 0 Å². The monoisotopic (exact) mass is 438 g/mol. The van der Waals surface area contributed by atoms with Crippen LogP contribution in [0.15, 0.2) is 43.0 Å². The summed E-state index contributed by atoms with van der Waals surface area (Å²) in [6.07, 6.45) is 8.63. The second-order valence-electron chi connectivity index (χ2n) is 8.67. The van der Waals surface area contributed by atoms with Gasteiger partial charge in [0, 0.05) is 38.6 Å². The summed E-state index contributed by atoms with van der Waals surface area (Å²) in [5.74, 6) is 0.352. The summed E-state index contributed by atoms with van der Waals surface area (Å²) in [5.41, 5.74) is 0.821. The molecule has 4 heterocycles. The van der Waals surface area contributed by atoms with E-state index in [9.17, 15) is 14.7 Å². The van der Waals surface area contributed by atoms with Crippen LogP contribution in [0.3, 0.4) is 0 Å². The van der Waals surface area contributed by atoms with E-state index in [2.05, 4.69) is 9.97 Å². The number of aliphatic hydroxyl groups excluding tert-OH is 1. The Morgan fingerprint density at radius 3 is 2.53 bits per heavy atom. The lowest BCUT2D eigenvalue weighted by atomic mass is 9.75. The molecule has 0 aliphatic carbocycles. The Kier molecular flexibility index (Phi) is 6.99. The molecule has 1 saturated heterocycles. The maximum absolute atomic E-state index is 13.2. The van der Waals surface area contributed by atoms with Crippen LogP contribution in [-0.4, -0.2) is 76.1 Å². The molecule has 0 radical (unpaired) electrons. The van der Waals surface area contributed by atoms with Crippen LogP contribution in [0.5, 0.6) is 5.75 Å². The number of aliphatic hydroxyl groups is 1. The van der Waals surface area contributed by atoms with Gasteiger partial charge in [0.15, 0.2) is 0 Å². The molecule has 0 unspecified atom stereocenters. The molecule has 3 aliphatic rings. The molecule has 1 aromatic carbocycles. The molecule has 0 atom stereocenters. The van der Waals surface area contributed by atoms with Crippen LogP contribution in [0.25, 0.3) is 0 Å². The van der Waals surface area contributed by atoms with Crippen molar-refractivity contribution < 1.29 is 19.4 Å². The van der Waals surface area contributed by atoms with Gasteiger partial charge in [0.25, 0.3) is 11.8 Å². The Balaban J connectivity index is 1.57. The summed E-state index contributed by atoms with van der Waals surface area (Å²) in [6, 6.07) is 7.26. The summed E-state index contributed by atoms with van der Waals surface area (Å²) in [4.78, 5) is 37.8. The number of rotatable bonds is 2. The number of carbonyl (C=O) groups is 2. The molecule has 32 heavy (non-hydrogen) atoms. The lowest BCUT2D eigenvalue weighted by Crippen LogP contribution is -2.44. The standard InChI is InChI=1S/C24H30N4O4/c29-17-24-7-3-4-10-27(22(30)19-15-25-18-26-16-19)13-14-32-21-6-2-1-5-20(21)23(31)28(11-8-24)12-9-24/h1-2,5-6,15-16,18,29H,3-4,7-14,17H2. The number of nitrogens with zero attached hydrogens (tertiary/aromatic N) is 4. The molecule has 0 spiro atoms. The average Bonchev–Trinajstić information content (AvgIpc) is 2.86. The number of ether oxygens (including phenoxy) is 1. The summed E-state index contributed by atoms with van der Waals surface area (Å²) >= 11 is 0. The molecule has 1 aromatic heterocycles. The predicted octanol–water partition coefficient (Wildman–Crippen LogP) is 2.40. The highest BCUT2D eigenvalue weighted by molar-refractivity contribution is 5.97. The third-order valence-corrected chi connectivity index (χ3v) is 6.66. The van der Waals surface area contributed by atoms with Gasteiger partial charge in [-0.2, -0.15) is 0 Å². The first-order chi connectivity index (χ1) is 15.6. The van der Waals surface area contributed by atoms with Crippen LogP contribution in [-0.2, 0) is 0 Å². The van der Waals surface area contributed by atoms with E-state index in [0.29, 0.717) is 43.1 Å². The third kappa shape index (κ3) is 4.91. The van der Waals surface area contributed by atoms with Gasteiger partial charge in [0.1, 0.15) is 18.7 Å². The lowest BCUT2D eigenvalue weighted by molar-refractivity contribution is 0.0297. The lowest BCUT2D eigenvalue weighted by Gasteiger charge is -2.41. The van der Waals surface area contributed by atoms with Crippen molar-refractivity contribution in [2.24, 2.45) is 5.41 Å². The Morgan fingerprint density at radius 1 is 1.03 bits per heavy atom. The fraction of sp³-hybridized carbons (Fsp3) is 0.500. The van der Waals surface area contributed by atoms with Crippen LogP contribution in [0.4, 0.5) is 0 Å². The van der Waals surface area contributed by atoms with E-state index in [1.165, 1.54) is 18.7 Å². The topological polar surface area (TPSA) is 95.9 Å². The molecule has 2 bridgehead atoms. The highest BCUT2D eigenvalue weighted by Gasteiger charge is 2.36. The fourth-order valence-electron chi connectivity index (χ4n) is 4.59. The first kappa shape index (κ1) is 22.2. The molecule has 170 valence electrons. The summed E-state index contributed by atoms with van der Waals surface area (Å²) in [6.45, 7) is 2.65. The molecule has 8 heteroatoms. The zero-order valence-electron chi connectivity index (χ0n) is 18.3. The van der Waals surface area contributed by atoms with Gasteiger partial charge in [0.2, 0.25) is 0 Å². The van der Waals surface area contributed by atoms with Crippen LogP contribution < -0.4 is 4.74 Å². The van der Waals surface area contributed by atoms with Gasteiger partial charge in [0.05, 0.1) is 17.7 Å². The maximum atomic E-state index is 13.2. The van der Waals surface area contributed by atoms with Gasteiger partial charge in [-0.05, 0) is 43.2 Å². The number of carbonyl (C=O) groups excluding carboxylic acids is 2. The molecule has 5 rings (SSSR count). The van der Waals surface area contributed by atoms with Crippen LogP contribution in [0, 0.1) is 5.41 Å². The van der Waals surface area contributed by atoms with E-state index in [0.717, 1.165) is 32.1 Å². The minimum Gasteiger partial charge on any atom is -0.491 e. The number of fused-ring (bicyclic) bond motifs is 9. The largest absolute Gasteiger partial charge is 0.491 e. The Morgan fingerprint density at radius 2 is 1.78 bits per heavy atom. The summed E-state index contributed by atoms with van der Waals surface area (Å²) < 4.78 is 5.98. The molecule has 1 fully saturated rings. The van der Waals surface area contributed by atoms with E-state index in [4.69, 9.17) is 4.74 Å². The summed E-state index contributed by atoms with van der Waals surface area (Å²) in [5, 5.41) is 10.1. The minimum atomic E-state index is -0.158. The maximum Gasteiger partial charge on any atom is 0.257 e. The molecule has 8 nitrogen and oxygen atoms in total. The van der Waals surface area contributed by atoms with Crippen molar-refractivity contribution in [3.8, 4) is 5.75 Å². The Bertz CT molecular complexity index is 929. The van der Waals surface area contributed by atoms with Gasteiger partial charge < -0.3 is 19.6 Å². The fourth-order valence-corrected chi connectivity index (χ4v) is 4.59. The molecule has 0 saturated carbocycles. The highest BCUT2D eigenvalue weighted by atomic mass is 16.5. The van der Waals surface area contributed by atoms with Crippen LogP contribution in [0.2, 0.25) is 0 Å². The first-order valence-electron chi connectivity index (χ1n) is 11.3. The van der Waals surface area contributed by atoms with Crippen molar-refractivity contribution >= 4 is 11.8 Å². The van der Waals surface area contributed by atoms with Crippen molar-refractivity contribution in [3.05, 3.63) is 54.1 Å². The molecular weight excluding hydrogens is 408 g/mol. The SMILES string of the molecule is O=C(c1cncnc1)N1CCCCC2(CO)CCN(CC2)C(=O)c2ccccc2OCC1. The molecule has 1 N–H and O–H groups in total. The van der Waals surface area contributed by atoms with E-state index in [-0.39, 0.29) is 30.4 Å². The number of piperidine rings is 1. The quantitative estimate of drug-likeness (QED) is 0.774. The van der Waals surface area contributed by atoms with Crippen molar-refractivity contribution in [2.75, 3.05) is 39.4 Å². The van der Waals surface area contributed by atoms with Crippen molar-refractivity contribution in [3.63, 3.8) is 0 Å². The molecule has 3 aliphatic heterocycles. The normalized spacial score (nSPS) is 19.5. The van der Waals surface area contributed by atoms with Gasteiger partial charge in [-0.25, -0.2) is 9.97 Å². The van der Waals surface area contributed by atoms with E-state index < -0.39 is 0 Å². The second-order valence-corrected chi connectivity index (χ2v) is 8.67. The average molecular weight is 439 g/mol. The number of benzene rings is 1. The number of aromatic nitrogens is 2. The number of para-hydroxylation sites is 1. The van der Waals surface area contributed by atoms with Crippen molar-refractivity contribution in [1.82, 2.24) is 19.8 Å². The third-order valence-electron chi connectivity index (χ3n) is 6.66. The number of amides is 2. The Hall–Kier alpha value is -3.00. The highest BCUT2D eigenvalue weighted by Crippen LogP contribution is 2.37.